The van der Waals surface area contributed by atoms with Gasteiger partial charge in [0.1, 0.15) is 53.6 Å². The second kappa shape index (κ2) is 31.7. The zero-order valence-electron chi connectivity index (χ0n) is 53.5. The summed E-state index contributed by atoms with van der Waals surface area (Å²) in [6.45, 7) is 9.26. The molecule has 0 radical (unpaired) electrons. The molecular weight excluding hydrogens is 1190 g/mol. The lowest BCUT2D eigenvalue weighted by atomic mass is 9.82. The predicted octanol–water partition coefficient (Wildman–Crippen LogP) is 2.88. The second-order valence-corrected chi connectivity index (χ2v) is 23.4. The number of fused-ring (bicyclic) bond motifs is 6. The molecule has 0 saturated carbocycles. The number of aliphatic hydroxyl groups excluding tert-OH is 1. The van der Waals surface area contributed by atoms with Crippen molar-refractivity contribution in [1.29, 1.82) is 0 Å². The molecule has 0 spiro atoms. The van der Waals surface area contributed by atoms with E-state index in [1.807, 2.05) is 50.3 Å². The van der Waals surface area contributed by atoms with Gasteiger partial charge in [-0.2, -0.15) is 0 Å². The minimum absolute atomic E-state index is 0.0338. The van der Waals surface area contributed by atoms with E-state index in [0.29, 0.717) is 25.1 Å². The number of likely N-dealkylation sites (N-methyl/N-ethyl adjacent to an activating group) is 2. The molecule has 3 aromatic rings. The second-order valence-electron chi connectivity index (χ2n) is 23.0. The number of alkyl carbamates (subject to hydrolysis) is 1. The molecule has 496 valence electrons. The maximum atomic E-state index is 15.1. The molecule has 10 atom stereocenters. The van der Waals surface area contributed by atoms with Gasteiger partial charge in [0.15, 0.2) is 11.3 Å². The average molecular weight is 1280 g/mol. The molecule has 3 unspecified atom stereocenters. The Kier molecular flexibility index (Phi) is 25.3. The number of benzene rings is 2. The normalized spacial score (nSPS) is 24.6. The fourth-order valence-corrected chi connectivity index (χ4v) is 11.1. The lowest BCUT2D eigenvalue weighted by Gasteiger charge is -2.42. The number of para-hydroxylation sites is 1. The minimum Gasteiger partial charge on any atom is -0.495 e. The van der Waals surface area contributed by atoms with E-state index in [0.717, 1.165) is 32.0 Å². The van der Waals surface area contributed by atoms with Crippen molar-refractivity contribution in [3.63, 3.8) is 0 Å². The molecule has 4 heterocycles. The third-order valence-corrected chi connectivity index (χ3v) is 17.2. The summed E-state index contributed by atoms with van der Waals surface area (Å²) in [4.78, 5) is 113. The van der Waals surface area contributed by atoms with Crippen molar-refractivity contribution >= 4 is 75.8 Å². The number of aliphatic hydroxyl groups is 2. The number of anilines is 1. The Bertz CT molecular complexity index is 3140. The first-order chi connectivity index (χ1) is 42.6. The van der Waals surface area contributed by atoms with Crippen molar-refractivity contribution in [2.24, 2.45) is 5.92 Å². The van der Waals surface area contributed by atoms with Gasteiger partial charge in [0, 0.05) is 85.3 Å². The summed E-state index contributed by atoms with van der Waals surface area (Å²) in [6.07, 6.45) is -0.407. The number of nitrogens with zero attached hydrogens (tertiary/aromatic N) is 5. The molecule has 28 heteroatoms. The number of hydrogen-bond donors (Lipinski definition) is 6. The van der Waals surface area contributed by atoms with Crippen LogP contribution in [0.5, 0.6) is 5.75 Å². The third kappa shape index (κ3) is 17.4. The van der Waals surface area contributed by atoms with Gasteiger partial charge in [0.2, 0.25) is 29.5 Å². The molecule has 90 heavy (non-hydrogen) atoms. The van der Waals surface area contributed by atoms with Gasteiger partial charge in [-0.3, -0.25) is 34.7 Å². The van der Waals surface area contributed by atoms with Crippen LogP contribution >= 0.6 is 11.6 Å². The lowest BCUT2D eigenvalue weighted by Crippen LogP contribution is -2.64. The van der Waals surface area contributed by atoms with E-state index in [1.54, 1.807) is 37.3 Å². The standard InChI is InChI=1S/C62H88ClN9O18/c1-37-17-16-20-50(84-13)61(82)33-49(87-59(81)67-61)38(2)55-60(6,88-55)62(89-57(79)39(3)69(9)41(5)74,34-53(77)71(11)47-30-42(29-37)31-48(83-12)54(47)63)90-58(80)40(4)70(10)52(76)22-25-85-27-28-86-26-23-65-56(78)45(36-73)66-51(75)21-24-72-44(35-68(8)64-7)32-43-18-14-15-19-46(43)72/h14-20,30-32,38-40,45,49-50,55,64,73,82H,21-29,33-36H2,1-13H3,(H,65,78)(H,66,75)(H,67,81)/b20-16+,37-17+/t38-,39+,40?,45?,49+,50?,55+,60-,61+,62-/m1/s1. The van der Waals surface area contributed by atoms with Crippen LogP contribution in [0.25, 0.3) is 10.9 Å². The molecule has 6 N–H and O–H groups in total. The maximum absolute atomic E-state index is 15.1. The van der Waals surface area contributed by atoms with Gasteiger partial charge in [-0.25, -0.2) is 19.4 Å². The molecule has 0 aliphatic carbocycles. The number of allylic oxidation sites excluding steroid dienone is 3. The SMILES string of the molecule is CNN(C)Cc1cc2ccccc2n1CCC(=O)NC(CO)C(=O)NCCOCCOCCC(=O)N(C)C(C)C(=O)O[C@]1(OC(=O)[C@H](C)N(C)C(C)=O)CC(=O)N(C)c2cc(cc(OC)c2Cl)C/C(C)=C/C=C/C(OC)[C@@]2(O)C[C@H](OC(=O)N2)[C@@H](C)[C@@H]2O[C@]21C. The van der Waals surface area contributed by atoms with Crippen LogP contribution in [-0.4, -0.2) is 220 Å². The van der Waals surface area contributed by atoms with Crippen LogP contribution in [0.3, 0.4) is 0 Å². The van der Waals surface area contributed by atoms with Crippen LogP contribution in [0.1, 0.15) is 78.5 Å². The number of rotatable bonds is 26. The first-order valence-electron chi connectivity index (χ1n) is 29.7. The molecule has 1 aromatic heterocycles. The molecule has 6 amide bonds. The number of carbonyl (C=O) groups excluding carboxylic acids is 8. The fourth-order valence-electron chi connectivity index (χ4n) is 10.7. The van der Waals surface area contributed by atoms with E-state index in [4.69, 9.17) is 49.5 Å². The van der Waals surface area contributed by atoms with Gasteiger partial charge < -0.3 is 78.0 Å². The highest BCUT2D eigenvalue weighted by molar-refractivity contribution is 6.35. The molecule has 2 saturated heterocycles. The van der Waals surface area contributed by atoms with E-state index in [2.05, 4.69) is 32.0 Å². The number of hydrazine groups is 1. The summed E-state index contributed by atoms with van der Waals surface area (Å²) in [6, 6.07) is 9.32. The zero-order valence-corrected chi connectivity index (χ0v) is 54.3. The largest absolute Gasteiger partial charge is 0.495 e. The quantitative estimate of drug-likeness (QED) is 0.0221. The number of aryl methyl sites for hydroxylation is 1. The highest BCUT2D eigenvalue weighted by Crippen LogP contribution is 2.55. The van der Waals surface area contributed by atoms with Crippen molar-refractivity contribution in [2.45, 2.75) is 140 Å². The van der Waals surface area contributed by atoms with Crippen molar-refractivity contribution in [2.75, 3.05) is 93.9 Å². The lowest BCUT2D eigenvalue weighted by molar-refractivity contribution is -0.255. The molecule has 6 rings (SSSR count). The van der Waals surface area contributed by atoms with Gasteiger partial charge in [-0.05, 0) is 76.4 Å². The number of halogens is 1. The third-order valence-electron chi connectivity index (χ3n) is 16.8. The average Bonchev–Trinajstić information content (AvgIpc) is 1.54. The Labute approximate surface area is 529 Å². The number of epoxide rings is 1. The maximum Gasteiger partial charge on any atom is 0.409 e. The van der Waals surface area contributed by atoms with E-state index in [-0.39, 0.29) is 68.7 Å². The number of nitrogens with one attached hydrogen (secondary N) is 4. The predicted molar refractivity (Wildman–Crippen MR) is 329 cm³/mol. The summed E-state index contributed by atoms with van der Waals surface area (Å²) in [7, 11) is 10.6. The molecule has 3 aliphatic rings. The van der Waals surface area contributed by atoms with Crippen LogP contribution in [0.15, 0.2) is 66.3 Å². The molecular formula is C62H88ClN9O18. The smallest absolute Gasteiger partial charge is 0.409 e. The van der Waals surface area contributed by atoms with E-state index >= 15 is 4.79 Å². The van der Waals surface area contributed by atoms with Gasteiger partial charge >= 0.3 is 18.0 Å². The van der Waals surface area contributed by atoms with E-state index in [9.17, 15) is 43.8 Å². The van der Waals surface area contributed by atoms with Crippen LogP contribution in [0, 0.1) is 5.92 Å². The van der Waals surface area contributed by atoms with Crippen LogP contribution in [-0.2, 0) is 86.2 Å². The first kappa shape index (κ1) is 71.9. The topological polar surface area (TPSA) is 320 Å². The number of aromatic nitrogens is 1. The Morgan fingerprint density at radius 3 is 2.26 bits per heavy atom. The molecule has 4 bridgehead atoms. The van der Waals surface area contributed by atoms with E-state index < -0.39 is 120 Å². The van der Waals surface area contributed by atoms with E-state index in [1.165, 1.54) is 68.0 Å². The van der Waals surface area contributed by atoms with Crippen molar-refractivity contribution in [3.8, 4) is 5.75 Å². The van der Waals surface area contributed by atoms with Crippen LogP contribution < -0.4 is 31.0 Å². The Morgan fingerprint density at radius 2 is 1.61 bits per heavy atom. The molecule has 2 fully saturated rings. The van der Waals surface area contributed by atoms with Gasteiger partial charge in [0.05, 0.1) is 58.8 Å². The van der Waals surface area contributed by atoms with Gasteiger partial charge in [-0.15, -0.1) is 0 Å². The fraction of sp³-hybridized carbons (Fsp3) is 0.581. The summed E-state index contributed by atoms with van der Waals surface area (Å²) in [5.74, 6) is -8.60. The Balaban J connectivity index is 1.12. The van der Waals surface area contributed by atoms with Crippen LogP contribution in [0.4, 0.5) is 10.5 Å². The van der Waals surface area contributed by atoms with Crippen molar-refractivity contribution in [1.82, 2.24) is 40.8 Å². The molecule has 2 aromatic carbocycles. The number of methoxy groups -OCH3 is 2. The van der Waals surface area contributed by atoms with Crippen molar-refractivity contribution in [3.05, 3.63) is 82.5 Å². The highest BCUT2D eigenvalue weighted by atomic mass is 35.5. The summed E-state index contributed by atoms with van der Waals surface area (Å²) in [5, 5.41) is 32.8. The minimum atomic E-state index is -2.71. The van der Waals surface area contributed by atoms with Gasteiger partial charge in [-0.1, -0.05) is 60.5 Å². The summed E-state index contributed by atoms with van der Waals surface area (Å²) in [5.41, 5.74) is 2.68. The number of hydrogen-bond acceptors (Lipinski definition) is 20. The van der Waals surface area contributed by atoms with Crippen molar-refractivity contribution < 1.29 is 86.5 Å². The molecule has 27 nitrogen and oxygen atoms in total. The number of carbonyl (C=O) groups is 8. The Morgan fingerprint density at radius 1 is 0.944 bits per heavy atom. The summed E-state index contributed by atoms with van der Waals surface area (Å²) >= 11 is 6.92. The van der Waals surface area contributed by atoms with Crippen LogP contribution in [0.2, 0.25) is 5.02 Å². The number of amides is 6. The van der Waals surface area contributed by atoms with Gasteiger partial charge in [0.25, 0.3) is 5.79 Å². The first-order valence-corrected chi connectivity index (χ1v) is 30.1. The molecule has 3 aliphatic heterocycles. The zero-order chi connectivity index (χ0) is 66.4. The Hall–Kier alpha value is -7.21. The monoisotopic (exact) mass is 1280 g/mol. The highest BCUT2D eigenvalue weighted by Gasteiger charge is 2.74. The number of esters is 2. The number of ether oxygens (including phenoxy) is 8. The summed E-state index contributed by atoms with van der Waals surface area (Å²) < 4.78 is 49.5.